The van der Waals surface area contributed by atoms with Crippen molar-refractivity contribution in [1.29, 1.82) is 0 Å². The van der Waals surface area contributed by atoms with Gasteiger partial charge in [0.15, 0.2) is 6.61 Å². The number of hydrogen-bond donors (Lipinski definition) is 1. The number of fused-ring (bicyclic) bond motifs is 1. The second kappa shape index (κ2) is 8.51. The third-order valence-corrected chi connectivity index (χ3v) is 6.69. The normalized spacial score (nSPS) is 22.3. The maximum Gasteiger partial charge on any atom is 0.338 e. The van der Waals surface area contributed by atoms with Gasteiger partial charge < -0.3 is 10.1 Å². The van der Waals surface area contributed by atoms with E-state index in [-0.39, 0.29) is 18.6 Å². The van der Waals surface area contributed by atoms with Crippen LogP contribution in [-0.4, -0.2) is 45.7 Å². The number of carbonyl (C=O) groups is 2. The number of hydrogen-bond acceptors (Lipinski definition) is 5. The summed E-state index contributed by atoms with van der Waals surface area (Å²) >= 11 is 0. The van der Waals surface area contributed by atoms with Crippen molar-refractivity contribution in [2.75, 3.05) is 23.7 Å². The molecule has 1 N–H and O–H groups in total. The highest BCUT2D eigenvalue weighted by molar-refractivity contribution is 7.92. The number of carbonyl (C=O) groups excluding carboxylic acids is 2. The van der Waals surface area contributed by atoms with Crippen LogP contribution in [0.1, 0.15) is 54.9 Å². The monoisotopic (exact) mass is 408 g/mol. The molecule has 1 fully saturated rings. The van der Waals surface area contributed by atoms with Crippen LogP contribution in [0.4, 0.5) is 5.69 Å². The van der Waals surface area contributed by atoms with Gasteiger partial charge in [0.1, 0.15) is 0 Å². The van der Waals surface area contributed by atoms with Gasteiger partial charge >= 0.3 is 5.97 Å². The number of sulfonamides is 1. The van der Waals surface area contributed by atoms with Crippen molar-refractivity contribution in [1.82, 2.24) is 5.32 Å². The van der Waals surface area contributed by atoms with E-state index in [0.29, 0.717) is 36.6 Å². The molecule has 1 aliphatic heterocycles. The number of ether oxygens (including phenoxy) is 1. The zero-order valence-corrected chi connectivity index (χ0v) is 17.3. The van der Waals surface area contributed by atoms with E-state index in [1.165, 1.54) is 10.6 Å². The Hall–Kier alpha value is -2.09. The molecule has 154 valence electrons. The lowest BCUT2D eigenvalue weighted by Gasteiger charge is -2.29. The molecule has 0 radical (unpaired) electrons. The van der Waals surface area contributed by atoms with E-state index in [9.17, 15) is 18.0 Å². The summed E-state index contributed by atoms with van der Waals surface area (Å²) in [6.07, 6.45) is 6.69. The molecule has 1 amide bonds. The molecule has 28 heavy (non-hydrogen) atoms. The lowest BCUT2D eigenvalue weighted by Crippen LogP contribution is -2.39. The Labute approximate surface area is 166 Å². The summed E-state index contributed by atoms with van der Waals surface area (Å²) in [7, 11) is -3.35. The third kappa shape index (κ3) is 5.04. The highest BCUT2D eigenvalue weighted by atomic mass is 32.2. The first-order valence-electron chi connectivity index (χ1n) is 9.81. The lowest BCUT2D eigenvalue weighted by molar-refractivity contribution is -0.125. The first-order chi connectivity index (χ1) is 13.2. The van der Waals surface area contributed by atoms with Crippen molar-refractivity contribution in [2.24, 2.45) is 5.92 Å². The van der Waals surface area contributed by atoms with Crippen LogP contribution in [0.2, 0.25) is 0 Å². The summed E-state index contributed by atoms with van der Waals surface area (Å²) in [5, 5.41) is 2.93. The number of nitrogens with zero attached hydrogens (tertiary/aromatic N) is 1. The van der Waals surface area contributed by atoms with Crippen molar-refractivity contribution < 1.29 is 22.7 Å². The minimum absolute atomic E-state index is 0.160. The summed E-state index contributed by atoms with van der Waals surface area (Å²) < 4.78 is 30.3. The quantitative estimate of drug-likeness (QED) is 0.755. The van der Waals surface area contributed by atoms with Gasteiger partial charge in [-0.1, -0.05) is 6.92 Å². The fraction of sp³-hybridized carbons (Fsp3) is 0.600. The average molecular weight is 409 g/mol. The lowest BCUT2D eigenvalue weighted by atomic mass is 9.87. The van der Waals surface area contributed by atoms with Gasteiger partial charge in [-0.3, -0.25) is 9.10 Å². The topological polar surface area (TPSA) is 92.8 Å². The summed E-state index contributed by atoms with van der Waals surface area (Å²) in [5.74, 6) is -0.158. The van der Waals surface area contributed by atoms with Crippen LogP contribution in [0, 0.1) is 5.92 Å². The zero-order valence-electron chi connectivity index (χ0n) is 16.4. The van der Waals surface area contributed by atoms with Crippen LogP contribution >= 0.6 is 0 Å². The Morgan fingerprint density at radius 2 is 1.93 bits per heavy atom. The summed E-state index contributed by atoms with van der Waals surface area (Å²) in [4.78, 5) is 24.4. The van der Waals surface area contributed by atoms with Crippen LogP contribution < -0.4 is 9.62 Å². The van der Waals surface area contributed by atoms with E-state index in [4.69, 9.17) is 4.74 Å². The summed E-state index contributed by atoms with van der Waals surface area (Å²) in [6.45, 7) is 2.35. The Morgan fingerprint density at radius 1 is 1.21 bits per heavy atom. The molecule has 1 aromatic rings. The highest BCUT2D eigenvalue weighted by Crippen LogP contribution is 2.30. The van der Waals surface area contributed by atoms with Crippen LogP contribution in [0.15, 0.2) is 18.2 Å². The summed E-state index contributed by atoms with van der Waals surface area (Å²) in [5.41, 5.74) is 1.73. The minimum Gasteiger partial charge on any atom is -0.452 e. The van der Waals surface area contributed by atoms with Crippen LogP contribution in [0.3, 0.4) is 0 Å². The molecular weight excluding hydrogens is 380 g/mol. The van der Waals surface area contributed by atoms with E-state index < -0.39 is 16.0 Å². The van der Waals surface area contributed by atoms with Crippen molar-refractivity contribution in [3.63, 3.8) is 0 Å². The molecule has 2 aliphatic rings. The van der Waals surface area contributed by atoms with Crippen LogP contribution in [-0.2, 0) is 26.0 Å². The van der Waals surface area contributed by atoms with Crippen molar-refractivity contribution >= 4 is 27.6 Å². The minimum atomic E-state index is -3.35. The molecule has 0 unspecified atom stereocenters. The molecule has 0 atom stereocenters. The van der Waals surface area contributed by atoms with E-state index in [2.05, 4.69) is 12.2 Å². The SMILES string of the molecule is CC1CCC(NC(=O)COC(=O)c2ccc3c(c2)CCCN3S(C)(=O)=O)CC1. The predicted octanol–water partition coefficient (Wildman–Crippen LogP) is 2.25. The standard InChI is InChI=1S/C20H28N2O5S/c1-14-5-8-17(9-6-14)21-19(23)13-27-20(24)16-7-10-18-15(12-16)4-3-11-22(18)28(2,25)26/h7,10,12,14,17H,3-6,8-9,11,13H2,1-2H3,(H,21,23). The molecule has 1 aromatic carbocycles. The molecule has 0 bridgehead atoms. The number of anilines is 1. The summed E-state index contributed by atoms with van der Waals surface area (Å²) in [6, 6.07) is 5.00. The van der Waals surface area contributed by atoms with Gasteiger partial charge in [0, 0.05) is 12.6 Å². The Bertz CT molecular complexity index is 844. The smallest absolute Gasteiger partial charge is 0.338 e. The zero-order chi connectivity index (χ0) is 20.3. The van der Waals surface area contributed by atoms with Gasteiger partial charge in [-0.2, -0.15) is 0 Å². The van der Waals surface area contributed by atoms with Gasteiger partial charge in [0.25, 0.3) is 5.91 Å². The van der Waals surface area contributed by atoms with E-state index >= 15 is 0 Å². The van der Waals surface area contributed by atoms with Gasteiger partial charge in [-0.25, -0.2) is 13.2 Å². The Morgan fingerprint density at radius 3 is 2.61 bits per heavy atom. The number of esters is 1. The molecule has 7 nitrogen and oxygen atoms in total. The van der Waals surface area contributed by atoms with Gasteiger partial charge in [-0.05, 0) is 68.2 Å². The molecule has 8 heteroatoms. The van der Waals surface area contributed by atoms with Crippen molar-refractivity contribution in [2.45, 2.75) is 51.5 Å². The maximum absolute atomic E-state index is 12.3. The van der Waals surface area contributed by atoms with Gasteiger partial charge in [0.05, 0.1) is 17.5 Å². The largest absolute Gasteiger partial charge is 0.452 e. The molecule has 0 saturated heterocycles. The molecule has 3 rings (SSSR count). The predicted molar refractivity (Wildman–Crippen MR) is 107 cm³/mol. The maximum atomic E-state index is 12.3. The first-order valence-corrected chi connectivity index (χ1v) is 11.7. The fourth-order valence-corrected chi connectivity index (χ4v) is 4.92. The third-order valence-electron chi connectivity index (χ3n) is 5.51. The van der Waals surface area contributed by atoms with Crippen LogP contribution in [0.25, 0.3) is 0 Å². The number of benzene rings is 1. The molecule has 1 aliphatic carbocycles. The fourth-order valence-electron chi connectivity index (χ4n) is 3.92. The Balaban J connectivity index is 1.57. The Kier molecular flexibility index (Phi) is 6.27. The van der Waals surface area contributed by atoms with E-state index in [1.807, 2.05) is 0 Å². The second-order valence-electron chi connectivity index (χ2n) is 7.88. The first kappa shape index (κ1) is 20.6. The molecule has 1 heterocycles. The van der Waals surface area contributed by atoms with Gasteiger partial charge in [0.2, 0.25) is 10.0 Å². The van der Waals surface area contributed by atoms with Crippen LogP contribution in [0.5, 0.6) is 0 Å². The number of amides is 1. The average Bonchev–Trinajstić information content (AvgIpc) is 2.66. The van der Waals surface area contributed by atoms with E-state index in [1.54, 1.807) is 18.2 Å². The van der Waals surface area contributed by atoms with Gasteiger partial charge in [-0.15, -0.1) is 0 Å². The molecule has 0 spiro atoms. The number of rotatable bonds is 5. The molecular formula is C20H28N2O5S. The highest BCUT2D eigenvalue weighted by Gasteiger charge is 2.25. The van der Waals surface area contributed by atoms with E-state index in [0.717, 1.165) is 31.2 Å². The van der Waals surface area contributed by atoms with Crippen molar-refractivity contribution in [3.8, 4) is 0 Å². The molecule has 0 aromatic heterocycles. The number of aryl methyl sites for hydroxylation is 1. The number of nitrogens with one attached hydrogen (secondary N) is 1. The molecule has 1 saturated carbocycles. The second-order valence-corrected chi connectivity index (χ2v) is 9.79. The van der Waals surface area contributed by atoms with Crippen molar-refractivity contribution in [3.05, 3.63) is 29.3 Å².